The molecule has 0 aliphatic carbocycles. The fraction of sp³-hybridized carbons (Fsp3) is 0.741. The molecule has 0 bridgehead atoms. The quantitative estimate of drug-likeness (QED) is 0.161. The van der Waals surface area contributed by atoms with Gasteiger partial charge in [0.2, 0.25) is 0 Å². The molecule has 1 aromatic carbocycles. The Bertz CT molecular complexity index is 469. The Balaban J connectivity index is 1.76. The van der Waals surface area contributed by atoms with Crippen molar-refractivity contribution < 1.29 is 9.53 Å². The Morgan fingerprint density at radius 1 is 0.655 bits per heavy atom. The van der Waals surface area contributed by atoms with Crippen molar-refractivity contribution >= 4 is 5.97 Å². The maximum absolute atomic E-state index is 11.8. The van der Waals surface area contributed by atoms with Crippen LogP contribution in [0.3, 0.4) is 0 Å². The highest BCUT2D eigenvalue weighted by molar-refractivity contribution is 5.69. The van der Waals surface area contributed by atoms with Crippen molar-refractivity contribution in [1.82, 2.24) is 0 Å². The summed E-state index contributed by atoms with van der Waals surface area (Å²) >= 11 is 0. The highest BCUT2D eigenvalue weighted by Crippen LogP contribution is 2.13. The second-order valence-corrected chi connectivity index (χ2v) is 8.51. The van der Waals surface area contributed by atoms with Gasteiger partial charge >= 0.3 is 5.97 Å². The molecule has 0 amide bonds. The van der Waals surface area contributed by atoms with Gasteiger partial charge in [-0.2, -0.15) is 0 Å². The molecule has 1 rings (SSSR count). The van der Waals surface area contributed by atoms with Crippen LogP contribution in [0.15, 0.2) is 30.3 Å². The third-order valence-corrected chi connectivity index (χ3v) is 5.70. The minimum absolute atomic E-state index is 0.00358. The Labute approximate surface area is 180 Å². The van der Waals surface area contributed by atoms with Gasteiger partial charge in [-0.1, -0.05) is 114 Å². The zero-order chi connectivity index (χ0) is 20.8. The molecular weight excluding hydrogens is 356 g/mol. The van der Waals surface area contributed by atoms with Crippen LogP contribution >= 0.6 is 0 Å². The lowest BCUT2D eigenvalue weighted by Crippen LogP contribution is -2.05. The first kappa shape index (κ1) is 25.7. The van der Waals surface area contributed by atoms with Gasteiger partial charge in [0.1, 0.15) is 0 Å². The average Bonchev–Trinajstić information content (AvgIpc) is 2.74. The smallest absolute Gasteiger partial charge is 0.305 e. The lowest BCUT2D eigenvalue weighted by molar-refractivity contribution is -0.143. The van der Waals surface area contributed by atoms with E-state index in [1.807, 2.05) is 0 Å². The highest BCUT2D eigenvalue weighted by atomic mass is 16.5. The van der Waals surface area contributed by atoms with E-state index in [0.717, 1.165) is 25.7 Å². The zero-order valence-corrected chi connectivity index (χ0v) is 19.1. The summed E-state index contributed by atoms with van der Waals surface area (Å²) in [5, 5.41) is 0. The first-order valence-corrected chi connectivity index (χ1v) is 12.5. The first-order valence-electron chi connectivity index (χ1n) is 12.5. The molecule has 2 heteroatoms. The molecular formula is C27H46O2. The standard InChI is InChI=1S/C27H46O2/c1-2-3-4-5-6-7-8-9-10-11-12-13-19-24-27(28)29-25-20-15-18-23-26-21-16-14-17-22-26/h14,16-17,21-22H,2-13,15,18-20,23-25H2,1H3. The van der Waals surface area contributed by atoms with Gasteiger partial charge in [-0.3, -0.25) is 4.79 Å². The normalized spacial score (nSPS) is 10.9. The number of esters is 1. The van der Waals surface area contributed by atoms with E-state index < -0.39 is 0 Å². The van der Waals surface area contributed by atoms with Crippen LogP contribution in [-0.2, 0) is 16.0 Å². The molecule has 166 valence electrons. The summed E-state index contributed by atoms with van der Waals surface area (Å²) in [6, 6.07) is 10.6. The molecule has 0 unspecified atom stereocenters. The van der Waals surface area contributed by atoms with Crippen molar-refractivity contribution in [1.29, 1.82) is 0 Å². The largest absolute Gasteiger partial charge is 0.466 e. The van der Waals surface area contributed by atoms with E-state index in [2.05, 4.69) is 37.3 Å². The van der Waals surface area contributed by atoms with E-state index >= 15 is 0 Å². The molecule has 0 aliphatic heterocycles. The number of aryl methyl sites for hydroxylation is 1. The van der Waals surface area contributed by atoms with Crippen LogP contribution in [0.4, 0.5) is 0 Å². The van der Waals surface area contributed by atoms with Gasteiger partial charge in [-0.05, 0) is 37.7 Å². The summed E-state index contributed by atoms with van der Waals surface area (Å²) < 4.78 is 5.36. The molecule has 0 heterocycles. The number of benzene rings is 1. The summed E-state index contributed by atoms with van der Waals surface area (Å²) in [5.74, 6) is -0.00358. The number of carbonyl (C=O) groups excluding carboxylic acids is 1. The van der Waals surface area contributed by atoms with Gasteiger partial charge in [0.05, 0.1) is 6.61 Å². The maximum atomic E-state index is 11.8. The maximum Gasteiger partial charge on any atom is 0.305 e. The van der Waals surface area contributed by atoms with Gasteiger partial charge in [0.15, 0.2) is 0 Å². The number of rotatable bonds is 20. The lowest BCUT2D eigenvalue weighted by atomic mass is 10.0. The molecule has 0 N–H and O–H groups in total. The number of carbonyl (C=O) groups is 1. The number of ether oxygens (including phenoxy) is 1. The van der Waals surface area contributed by atoms with Crippen LogP contribution < -0.4 is 0 Å². The first-order chi connectivity index (χ1) is 14.3. The molecule has 0 radical (unpaired) electrons. The average molecular weight is 403 g/mol. The Hall–Kier alpha value is -1.31. The summed E-state index contributed by atoms with van der Waals surface area (Å²) in [6.45, 7) is 2.87. The van der Waals surface area contributed by atoms with Crippen molar-refractivity contribution in [2.45, 2.75) is 122 Å². The monoisotopic (exact) mass is 402 g/mol. The van der Waals surface area contributed by atoms with Crippen molar-refractivity contribution in [3.8, 4) is 0 Å². The molecule has 0 aliphatic rings. The summed E-state index contributed by atoms with van der Waals surface area (Å²) in [4.78, 5) is 11.8. The molecule has 2 nitrogen and oxygen atoms in total. The fourth-order valence-corrected chi connectivity index (χ4v) is 3.80. The molecule has 0 fully saturated rings. The SMILES string of the molecule is CCCCCCCCCCCCCCCC(=O)OCCCCCc1ccccc1. The van der Waals surface area contributed by atoms with Crippen LogP contribution in [0.25, 0.3) is 0 Å². The minimum Gasteiger partial charge on any atom is -0.466 e. The Morgan fingerprint density at radius 3 is 1.76 bits per heavy atom. The second kappa shape index (κ2) is 20.0. The van der Waals surface area contributed by atoms with E-state index in [9.17, 15) is 4.79 Å². The van der Waals surface area contributed by atoms with Crippen LogP contribution in [-0.4, -0.2) is 12.6 Å². The predicted octanol–water partition coefficient (Wildman–Crippen LogP) is 8.42. The van der Waals surface area contributed by atoms with Gasteiger partial charge in [-0.25, -0.2) is 0 Å². The molecule has 0 aromatic heterocycles. The lowest BCUT2D eigenvalue weighted by Gasteiger charge is -2.06. The van der Waals surface area contributed by atoms with Crippen LogP contribution in [0, 0.1) is 0 Å². The predicted molar refractivity (Wildman–Crippen MR) is 125 cm³/mol. The summed E-state index contributed by atoms with van der Waals surface area (Å²) in [7, 11) is 0. The number of unbranched alkanes of at least 4 members (excludes halogenated alkanes) is 14. The van der Waals surface area contributed by atoms with Crippen LogP contribution in [0.1, 0.15) is 122 Å². The third kappa shape index (κ3) is 17.3. The fourth-order valence-electron chi connectivity index (χ4n) is 3.80. The number of hydrogen-bond donors (Lipinski definition) is 0. The highest BCUT2D eigenvalue weighted by Gasteiger charge is 2.02. The molecule has 0 spiro atoms. The Morgan fingerprint density at radius 2 is 1.17 bits per heavy atom. The van der Waals surface area contributed by atoms with Gasteiger partial charge in [0.25, 0.3) is 0 Å². The molecule has 0 atom stereocenters. The molecule has 1 aromatic rings. The van der Waals surface area contributed by atoms with Crippen molar-refractivity contribution in [2.75, 3.05) is 6.61 Å². The van der Waals surface area contributed by atoms with Crippen molar-refractivity contribution in [2.24, 2.45) is 0 Å². The molecule has 0 saturated carbocycles. The van der Waals surface area contributed by atoms with Gasteiger partial charge in [-0.15, -0.1) is 0 Å². The van der Waals surface area contributed by atoms with E-state index in [-0.39, 0.29) is 5.97 Å². The molecule has 0 saturated heterocycles. The molecule has 29 heavy (non-hydrogen) atoms. The van der Waals surface area contributed by atoms with E-state index in [1.54, 1.807) is 0 Å². The second-order valence-electron chi connectivity index (χ2n) is 8.51. The summed E-state index contributed by atoms with van der Waals surface area (Å²) in [6.07, 6.45) is 22.3. The zero-order valence-electron chi connectivity index (χ0n) is 19.1. The number of hydrogen-bond acceptors (Lipinski definition) is 2. The topological polar surface area (TPSA) is 26.3 Å². The van der Waals surface area contributed by atoms with Crippen LogP contribution in [0.2, 0.25) is 0 Å². The van der Waals surface area contributed by atoms with E-state index in [4.69, 9.17) is 4.74 Å². The van der Waals surface area contributed by atoms with Crippen molar-refractivity contribution in [3.05, 3.63) is 35.9 Å². The van der Waals surface area contributed by atoms with Gasteiger partial charge in [0, 0.05) is 6.42 Å². The minimum atomic E-state index is -0.00358. The Kier molecular flexibility index (Phi) is 17.7. The van der Waals surface area contributed by atoms with E-state index in [0.29, 0.717) is 13.0 Å². The third-order valence-electron chi connectivity index (χ3n) is 5.70. The van der Waals surface area contributed by atoms with Crippen molar-refractivity contribution in [3.63, 3.8) is 0 Å². The summed E-state index contributed by atoms with van der Waals surface area (Å²) in [5.41, 5.74) is 1.40. The van der Waals surface area contributed by atoms with Gasteiger partial charge < -0.3 is 4.74 Å². The van der Waals surface area contributed by atoms with E-state index in [1.165, 1.54) is 89.0 Å². The van der Waals surface area contributed by atoms with Crippen LogP contribution in [0.5, 0.6) is 0 Å².